The van der Waals surface area contributed by atoms with Gasteiger partial charge in [-0.3, -0.25) is 0 Å². The quantitative estimate of drug-likeness (QED) is 0.594. The average Bonchev–Trinajstić information content (AvgIpc) is 3.04. The van der Waals surface area contributed by atoms with Gasteiger partial charge in [0.15, 0.2) is 0 Å². The molecule has 1 heterocycles. The van der Waals surface area contributed by atoms with Crippen molar-refractivity contribution in [2.24, 2.45) is 5.92 Å². The van der Waals surface area contributed by atoms with E-state index < -0.39 is 0 Å². The Balaban J connectivity index is 1.81. The third-order valence-electron chi connectivity index (χ3n) is 4.04. The van der Waals surface area contributed by atoms with Gasteiger partial charge in [-0.25, -0.2) is 0 Å². The van der Waals surface area contributed by atoms with E-state index in [0.717, 1.165) is 17.5 Å². The molecule has 3 rings (SSSR count). The van der Waals surface area contributed by atoms with E-state index in [0.29, 0.717) is 22.7 Å². The number of halogens is 1. The van der Waals surface area contributed by atoms with Gasteiger partial charge in [-0.15, -0.1) is 10.2 Å². The maximum Gasteiger partial charge on any atom is 0.249 e. The van der Waals surface area contributed by atoms with Crippen molar-refractivity contribution >= 4 is 11.6 Å². The summed E-state index contributed by atoms with van der Waals surface area (Å²) in [6, 6.07) is 16.1. The lowest BCUT2D eigenvalue weighted by Crippen LogP contribution is -1.98. The Morgan fingerprint density at radius 2 is 1.67 bits per heavy atom. The molecule has 3 aromatic rings. The summed E-state index contributed by atoms with van der Waals surface area (Å²) in [5, 5.41) is 8.96. The Morgan fingerprint density at radius 1 is 0.958 bits per heavy atom. The first-order valence-electron chi connectivity index (χ1n) is 8.21. The SMILES string of the molecule is CC(C)Cc1ccc([C@H](C)c2nnc(-c3ccccc3Cl)o2)cc1. The van der Waals surface area contributed by atoms with E-state index in [1.807, 2.05) is 24.3 Å². The number of rotatable bonds is 5. The van der Waals surface area contributed by atoms with Crippen molar-refractivity contribution in [3.8, 4) is 11.5 Å². The van der Waals surface area contributed by atoms with Crippen LogP contribution in [0.4, 0.5) is 0 Å². The van der Waals surface area contributed by atoms with Crippen LogP contribution in [0.15, 0.2) is 52.9 Å². The second-order valence-electron chi connectivity index (χ2n) is 6.49. The minimum atomic E-state index is 0.0434. The maximum atomic E-state index is 6.20. The van der Waals surface area contributed by atoms with Gasteiger partial charge in [0.2, 0.25) is 11.8 Å². The average molecular weight is 341 g/mol. The molecule has 0 saturated heterocycles. The van der Waals surface area contributed by atoms with Gasteiger partial charge in [0.25, 0.3) is 0 Å². The molecule has 0 unspecified atom stereocenters. The summed E-state index contributed by atoms with van der Waals surface area (Å²) < 4.78 is 5.85. The van der Waals surface area contributed by atoms with E-state index >= 15 is 0 Å². The summed E-state index contributed by atoms with van der Waals surface area (Å²) >= 11 is 6.20. The van der Waals surface area contributed by atoms with Crippen LogP contribution in [0.1, 0.15) is 43.7 Å². The first-order chi connectivity index (χ1) is 11.5. The lowest BCUT2D eigenvalue weighted by molar-refractivity contribution is 0.490. The standard InChI is InChI=1S/C20H21ClN2O/c1-13(2)12-15-8-10-16(11-9-15)14(3)19-22-23-20(24-19)17-6-4-5-7-18(17)21/h4-11,13-14H,12H2,1-3H3/t14-/m0/s1. The van der Waals surface area contributed by atoms with E-state index in [9.17, 15) is 0 Å². The van der Waals surface area contributed by atoms with E-state index in [4.69, 9.17) is 16.0 Å². The van der Waals surface area contributed by atoms with Crippen LogP contribution < -0.4 is 0 Å². The molecule has 0 fully saturated rings. The molecule has 4 heteroatoms. The molecule has 0 amide bonds. The molecule has 24 heavy (non-hydrogen) atoms. The van der Waals surface area contributed by atoms with Crippen molar-refractivity contribution in [3.63, 3.8) is 0 Å². The molecule has 0 bridgehead atoms. The van der Waals surface area contributed by atoms with E-state index in [-0.39, 0.29) is 5.92 Å². The first-order valence-corrected chi connectivity index (χ1v) is 8.59. The Labute approximate surface area is 147 Å². The van der Waals surface area contributed by atoms with Crippen LogP contribution in [0, 0.1) is 5.92 Å². The van der Waals surface area contributed by atoms with Gasteiger partial charge in [-0.05, 0) is 42.5 Å². The predicted molar refractivity (Wildman–Crippen MR) is 97.2 cm³/mol. The Bertz CT molecular complexity index is 809. The van der Waals surface area contributed by atoms with Gasteiger partial charge in [-0.1, -0.05) is 61.8 Å². The van der Waals surface area contributed by atoms with Crippen molar-refractivity contribution in [2.45, 2.75) is 33.1 Å². The number of aromatic nitrogens is 2. The second-order valence-corrected chi connectivity index (χ2v) is 6.89. The highest BCUT2D eigenvalue weighted by Crippen LogP contribution is 2.30. The zero-order chi connectivity index (χ0) is 17.1. The summed E-state index contributed by atoms with van der Waals surface area (Å²) in [6.45, 7) is 6.53. The summed E-state index contributed by atoms with van der Waals surface area (Å²) in [5.74, 6) is 1.75. The Kier molecular flexibility index (Phi) is 5.00. The molecular formula is C20H21ClN2O. The van der Waals surface area contributed by atoms with Gasteiger partial charge in [0.05, 0.1) is 16.5 Å². The molecule has 3 nitrogen and oxygen atoms in total. The molecular weight excluding hydrogens is 320 g/mol. The molecule has 1 atom stereocenters. The van der Waals surface area contributed by atoms with Crippen LogP contribution in [0.25, 0.3) is 11.5 Å². The normalized spacial score (nSPS) is 12.5. The van der Waals surface area contributed by atoms with E-state index in [1.54, 1.807) is 0 Å². The van der Waals surface area contributed by atoms with Crippen LogP contribution in [0.5, 0.6) is 0 Å². The Morgan fingerprint density at radius 3 is 2.33 bits per heavy atom. The zero-order valence-corrected chi connectivity index (χ0v) is 14.9. The molecule has 0 N–H and O–H groups in total. The predicted octanol–water partition coefficient (Wildman–Crippen LogP) is 5.74. The molecule has 0 aliphatic rings. The van der Waals surface area contributed by atoms with Crippen LogP contribution in [-0.2, 0) is 6.42 Å². The molecule has 0 radical (unpaired) electrons. The van der Waals surface area contributed by atoms with Crippen molar-refractivity contribution in [1.82, 2.24) is 10.2 Å². The minimum absolute atomic E-state index is 0.0434. The summed E-state index contributed by atoms with van der Waals surface area (Å²) in [6.07, 6.45) is 1.09. The van der Waals surface area contributed by atoms with Gasteiger partial charge < -0.3 is 4.42 Å². The maximum absolute atomic E-state index is 6.20. The molecule has 0 spiro atoms. The third-order valence-corrected chi connectivity index (χ3v) is 4.37. The van der Waals surface area contributed by atoms with Crippen molar-refractivity contribution in [1.29, 1.82) is 0 Å². The van der Waals surface area contributed by atoms with Crippen molar-refractivity contribution < 1.29 is 4.42 Å². The molecule has 0 aliphatic carbocycles. The van der Waals surface area contributed by atoms with Crippen LogP contribution in [0.3, 0.4) is 0 Å². The van der Waals surface area contributed by atoms with Crippen LogP contribution in [-0.4, -0.2) is 10.2 Å². The van der Waals surface area contributed by atoms with E-state index in [1.165, 1.54) is 5.56 Å². The number of hydrogen-bond donors (Lipinski definition) is 0. The van der Waals surface area contributed by atoms with Crippen LogP contribution in [0.2, 0.25) is 5.02 Å². The summed E-state index contributed by atoms with van der Waals surface area (Å²) in [7, 11) is 0. The fraction of sp³-hybridized carbons (Fsp3) is 0.300. The topological polar surface area (TPSA) is 38.9 Å². The first kappa shape index (κ1) is 16.7. The monoisotopic (exact) mass is 340 g/mol. The number of benzene rings is 2. The number of nitrogens with zero attached hydrogens (tertiary/aromatic N) is 2. The molecule has 2 aromatic carbocycles. The summed E-state index contributed by atoms with van der Waals surface area (Å²) in [5.41, 5.74) is 3.28. The van der Waals surface area contributed by atoms with Crippen LogP contribution >= 0.6 is 11.6 Å². The van der Waals surface area contributed by atoms with E-state index in [2.05, 4.69) is 55.2 Å². The van der Waals surface area contributed by atoms with Crippen molar-refractivity contribution in [2.75, 3.05) is 0 Å². The highest BCUT2D eigenvalue weighted by molar-refractivity contribution is 6.33. The smallest absolute Gasteiger partial charge is 0.249 e. The fourth-order valence-corrected chi connectivity index (χ4v) is 2.93. The largest absolute Gasteiger partial charge is 0.420 e. The molecule has 124 valence electrons. The van der Waals surface area contributed by atoms with Crippen molar-refractivity contribution in [3.05, 3.63) is 70.6 Å². The second kappa shape index (κ2) is 7.18. The van der Waals surface area contributed by atoms with Gasteiger partial charge in [0, 0.05) is 0 Å². The third kappa shape index (κ3) is 3.68. The molecule has 0 saturated carbocycles. The summed E-state index contributed by atoms with van der Waals surface area (Å²) in [4.78, 5) is 0. The highest BCUT2D eigenvalue weighted by Gasteiger charge is 2.18. The molecule has 0 aliphatic heterocycles. The molecule has 1 aromatic heterocycles. The van der Waals surface area contributed by atoms with Gasteiger partial charge in [-0.2, -0.15) is 0 Å². The Hall–Kier alpha value is -2.13. The lowest BCUT2D eigenvalue weighted by Gasteiger charge is -2.09. The van der Waals surface area contributed by atoms with Gasteiger partial charge >= 0.3 is 0 Å². The lowest BCUT2D eigenvalue weighted by atomic mass is 9.97. The van der Waals surface area contributed by atoms with Gasteiger partial charge in [0.1, 0.15) is 0 Å². The number of hydrogen-bond acceptors (Lipinski definition) is 3. The highest BCUT2D eigenvalue weighted by atomic mass is 35.5. The zero-order valence-electron chi connectivity index (χ0n) is 14.2. The minimum Gasteiger partial charge on any atom is -0.420 e. The fourth-order valence-electron chi connectivity index (χ4n) is 2.71.